The first kappa shape index (κ1) is 12.9. The molecule has 0 atom stereocenters. The van der Waals surface area contributed by atoms with Crippen LogP contribution in [-0.4, -0.2) is 16.8 Å². The summed E-state index contributed by atoms with van der Waals surface area (Å²) in [4.78, 5) is 15.8. The first-order valence-electron chi connectivity index (χ1n) is 6.25. The van der Waals surface area contributed by atoms with Crippen LogP contribution in [0.3, 0.4) is 0 Å². The van der Waals surface area contributed by atoms with Crippen molar-refractivity contribution in [3.8, 4) is 0 Å². The van der Waals surface area contributed by atoms with E-state index in [1.54, 1.807) is 12.1 Å². The monoisotopic (exact) mass is 285 g/mol. The Morgan fingerprint density at radius 2 is 2.10 bits per heavy atom. The van der Waals surface area contributed by atoms with Gasteiger partial charge < -0.3 is 5.11 Å². The van der Waals surface area contributed by atoms with Gasteiger partial charge in [0.15, 0.2) is 0 Å². The summed E-state index contributed by atoms with van der Waals surface area (Å²) in [6.45, 7) is 2.00. The normalized spacial score (nSPS) is 13.0. The number of hydrogen-bond donors (Lipinski definition) is 1. The number of aryl methyl sites for hydroxylation is 1. The smallest absolute Gasteiger partial charge is 0.337 e. The Bertz CT molecular complexity index is 750. The van der Waals surface area contributed by atoms with Crippen LogP contribution in [-0.2, 0) is 6.42 Å². The molecule has 0 saturated carbocycles. The molecule has 20 heavy (non-hydrogen) atoms. The molecular weight excluding hydrogens is 274 g/mol. The molecule has 0 bridgehead atoms. The lowest BCUT2D eigenvalue weighted by molar-refractivity contribution is 0.0698. The second-order valence-corrected chi connectivity index (χ2v) is 5.25. The molecule has 3 rings (SSSR count). The molecule has 100 valence electrons. The van der Waals surface area contributed by atoms with Crippen molar-refractivity contribution in [2.45, 2.75) is 13.3 Å². The van der Waals surface area contributed by atoms with Gasteiger partial charge in [-0.25, -0.2) is 4.79 Å². The summed E-state index contributed by atoms with van der Waals surface area (Å²) in [5, 5.41) is 9.87. The third-order valence-electron chi connectivity index (χ3n) is 3.47. The van der Waals surface area contributed by atoms with Crippen molar-refractivity contribution in [2.24, 2.45) is 4.99 Å². The molecule has 3 nitrogen and oxygen atoms in total. The zero-order chi connectivity index (χ0) is 14.3. The molecule has 0 spiro atoms. The van der Waals surface area contributed by atoms with Crippen molar-refractivity contribution >= 4 is 29.0 Å². The molecule has 0 radical (unpaired) electrons. The molecule has 0 amide bonds. The zero-order valence-corrected chi connectivity index (χ0v) is 11.6. The van der Waals surface area contributed by atoms with Crippen LogP contribution in [0.2, 0.25) is 5.02 Å². The first-order chi connectivity index (χ1) is 9.56. The van der Waals surface area contributed by atoms with Crippen LogP contribution in [0.4, 0.5) is 5.69 Å². The third kappa shape index (κ3) is 2.10. The SMILES string of the molecule is Cc1ccc(Cl)cc1C1=Nc2c(cccc2C(=O)O)C1. The van der Waals surface area contributed by atoms with Crippen LogP contribution in [0, 0.1) is 6.92 Å². The van der Waals surface area contributed by atoms with E-state index < -0.39 is 5.97 Å². The molecule has 1 N–H and O–H groups in total. The summed E-state index contributed by atoms with van der Waals surface area (Å²) >= 11 is 6.04. The van der Waals surface area contributed by atoms with Crippen LogP contribution < -0.4 is 0 Å². The van der Waals surface area contributed by atoms with E-state index in [0.717, 1.165) is 22.4 Å². The number of hydrogen-bond acceptors (Lipinski definition) is 2. The molecule has 4 heteroatoms. The van der Waals surface area contributed by atoms with Gasteiger partial charge >= 0.3 is 5.97 Å². The van der Waals surface area contributed by atoms with E-state index >= 15 is 0 Å². The van der Waals surface area contributed by atoms with Crippen molar-refractivity contribution in [3.63, 3.8) is 0 Å². The van der Waals surface area contributed by atoms with Crippen molar-refractivity contribution < 1.29 is 9.90 Å². The van der Waals surface area contributed by atoms with Crippen molar-refractivity contribution in [1.29, 1.82) is 0 Å². The highest BCUT2D eigenvalue weighted by molar-refractivity contribution is 6.31. The molecule has 0 aliphatic carbocycles. The predicted molar refractivity (Wildman–Crippen MR) is 79.5 cm³/mol. The Kier molecular flexibility index (Phi) is 3.07. The lowest BCUT2D eigenvalue weighted by Crippen LogP contribution is -2.02. The van der Waals surface area contributed by atoms with Crippen LogP contribution in [0.15, 0.2) is 41.4 Å². The van der Waals surface area contributed by atoms with Gasteiger partial charge in [-0.05, 0) is 36.2 Å². The number of aliphatic imine (C=N–C) groups is 1. The fraction of sp³-hybridized carbons (Fsp3) is 0.125. The van der Waals surface area contributed by atoms with Crippen LogP contribution in [0.1, 0.15) is 27.0 Å². The topological polar surface area (TPSA) is 49.7 Å². The van der Waals surface area contributed by atoms with Crippen molar-refractivity contribution in [3.05, 3.63) is 63.7 Å². The molecule has 1 heterocycles. The highest BCUT2D eigenvalue weighted by atomic mass is 35.5. The zero-order valence-electron chi connectivity index (χ0n) is 10.9. The minimum absolute atomic E-state index is 0.247. The average Bonchev–Trinajstić information content (AvgIpc) is 2.84. The van der Waals surface area contributed by atoms with Gasteiger partial charge in [-0.3, -0.25) is 4.99 Å². The third-order valence-corrected chi connectivity index (χ3v) is 3.70. The van der Waals surface area contributed by atoms with Gasteiger partial charge in [0.2, 0.25) is 0 Å². The van der Waals surface area contributed by atoms with E-state index in [2.05, 4.69) is 4.99 Å². The van der Waals surface area contributed by atoms with E-state index in [1.165, 1.54) is 0 Å². The van der Waals surface area contributed by atoms with Gasteiger partial charge in [-0.1, -0.05) is 29.8 Å². The molecule has 2 aromatic rings. The first-order valence-corrected chi connectivity index (χ1v) is 6.63. The Morgan fingerprint density at radius 1 is 1.30 bits per heavy atom. The number of carboxylic acids is 1. The number of nitrogens with zero attached hydrogens (tertiary/aromatic N) is 1. The summed E-state index contributed by atoms with van der Waals surface area (Å²) in [5.41, 5.74) is 4.68. The van der Waals surface area contributed by atoms with Gasteiger partial charge in [0.25, 0.3) is 0 Å². The largest absolute Gasteiger partial charge is 0.478 e. The average molecular weight is 286 g/mol. The van der Waals surface area contributed by atoms with E-state index in [-0.39, 0.29) is 5.56 Å². The Morgan fingerprint density at radius 3 is 2.85 bits per heavy atom. The Labute approximate surface area is 121 Å². The van der Waals surface area contributed by atoms with E-state index in [9.17, 15) is 9.90 Å². The standard InChI is InChI=1S/C16H12ClNO2/c1-9-5-6-11(17)8-13(9)14-7-10-3-2-4-12(16(19)20)15(10)18-14/h2-6,8H,7H2,1H3,(H,19,20). The second-order valence-electron chi connectivity index (χ2n) is 4.81. The maximum Gasteiger partial charge on any atom is 0.337 e. The number of aromatic carboxylic acids is 1. The quantitative estimate of drug-likeness (QED) is 0.906. The molecule has 1 aliphatic heterocycles. The van der Waals surface area contributed by atoms with Crippen LogP contribution >= 0.6 is 11.6 Å². The van der Waals surface area contributed by atoms with Gasteiger partial charge in [0, 0.05) is 17.0 Å². The lowest BCUT2D eigenvalue weighted by atomic mass is 9.99. The van der Waals surface area contributed by atoms with Crippen molar-refractivity contribution in [2.75, 3.05) is 0 Å². The number of rotatable bonds is 2. The molecule has 2 aromatic carbocycles. The minimum Gasteiger partial charge on any atom is -0.478 e. The molecule has 0 aromatic heterocycles. The van der Waals surface area contributed by atoms with E-state index in [0.29, 0.717) is 17.1 Å². The lowest BCUT2D eigenvalue weighted by Gasteiger charge is -2.05. The fourth-order valence-corrected chi connectivity index (χ4v) is 2.63. The summed E-state index contributed by atoms with van der Waals surface area (Å²) in [6, 6.07) is 10.9. The highest BCUT2D eigenvalue weighted by Crippen LogP contribution is 2.33. The van der Waals surface area contributed by atoms with Crippen molar-refractivity contribution in [1.82, 2.24) is 0 Å². The Hall–Kier alpha value is -2.13. The summed E-state index contributed by atoms with van der Waals surface area (Å²) in [5.74, 6) is -0.949. The highest BCUT2D eigenvalue weighted by Gasteiger charge is 2.22. The number of benzene rings is 2. The van der Waals surface area contributed by atoms with Crippen LogP contribution in [0.5, 0.6) is 0 Å². The van der Waals surface area contributed by atoms with Crippen LogP contribution in [0.25, 0.3) is 0 Å². The summed E-state index contributed by atoms with van der Waals surface area (Å²) < 4.78 is 0. The second kappa shape index (κ2) is 4.76. The molecule has 0 saturated heterocycles. The number of carbonyl (C=O) groups is 1. The predicted octanol–water partition coefficient (Wildman–Crippen LogP) is 4.02. The Balaban J connectivity index is 2.11. The molecular formula is C16H12ClNO2. The summed E-state index contributed by atoms with van der Waals surface area (Å²) in [7, 11) is 0. The fourth-order valence-electron chi connectivity index (χ4n) is 2.45. The van der Waals surface area contributed by atoms with E-state index in [4.69, 9.17) is 11.6 Å². The molecule has 0 fully saturated rings. The van der Waals surface area contributed by atoms with E-state index in [1.807, 2.05) is 31.2 Å². The van der Waals surface area contributed by atoms with Gasteiger partial charge in [-0.15, -0.1) is 0 Å². The minimum atomic E-state index is -0.949. The number of halogens is 1. The molecule has 1 aliphatic rings. The number of fused-ring (bicyclic) bond motifs is 1. The number of para-hydroxylation sites is 1. The van der Waals surface area contributed by atoms with Gasteiger partial charge in [-0.2, -0.15) is 0 Å². The van der Waals surface area contributed by atoms with Gasteiger partial charge in [0.05, 0.1) is 17.0 Å². The maximum atomic E-state index is 11.2. The summed E-state index contributed by atoms with van der Waals surface area (Å²) in [6.07, 6.45) is 0.637. The maximum absolute atomic E-state index is 11.2. The number of carboxylic acid groups (broad SMARTS) is 1. The molecule has 0 unspecified atom stereocenters. The van der Waals surface area contributed by atoms with Gasteiger partial charge in [0.1, 0.15) is 0 Å².